The van der Waals surface area contributed by atoms with Gasteiger partial charge in [0.2, 0.25) is 0 Å². The first kappa shape index (κ1) is 18.0. The summed E-state index contributed by atoms with van der Waals surface area (Å²) in [6.45, 7) is 7.91. The predicted octanol–water partition coefficient (Wildman–Crippen LogP) is 3.84. The smallest absolute Gasteiger partial charge is 0.432 e. The zero-order valence-corrected chi connectivity index (χ0v) is 13.4. The van der Waals surface area contributed by atoms with Crippen LogP contribution in [-0.2, 0) is 26.0 Å². The molecule has 0 atom stereocenters. The summed E-state index contributed by atoms with van der Waals surface area (Å²) in [4.78, 5) is 31.4. The Morgan fingerprint density at radius 1 is 1.05 bits per heavy atom. The highest BCUT2D eigenvalue weighted by atomic mass is 17.5. The minimum atomic E-state index is -1.07. The summed E-state index contributed by atoms with van der Waals surface area (Å²) in [7, 11) is 0. The molecule has 6 heteroatoms. The molecule has 0 aromatic heterocycles. The first-order valence-electron chi connectivity index (χ1n) is 7.13. The zero-order chi connectivity index (χ0) is 16.6. The van der Waals surface area contributed by atoms with Gasteiger partial charge in [0.15, 0.2) is 0 Å². The standard InChI is InChI=1S/C16H22O6/c1-5-6-12-7-9-13(10-8-12)14(17)20-22-21-15(18)19-11-16(2,3)4/h7-10H,5-6,11H2,1-4H3. The van der Waals surface area contributed by atoms with E-state index in [-0.39, 0.29) is 12.0 Å². The van der Waals surface area contributed by atoms with Crippen LogP contribution in [0.1, 0.15) is 50.0 Å². The molecule has 22 heavy (non-hydrogen) atoms. The van der Waals surface area contributed by atoms with E-state index in [1.54, 1.807) is 12.1 Å². The fourth-order valence-electron chi connectivity index (χ4n) is 1.52. The van der Waals surface area contributed by atoms with Crippen LogP contribution in [0, 0.1) is 5.41 Å². The molecule has 0 spiro atoms. The lowest BCUT2D eigenvalue weighted by Gasteiger charge is -2.16. The van der Waals surface area contributed by atoms with Crippen molar-refractivity contribution in [3.63, 3.8) is 0 Å². The summed E-state index contributed by atoms with van der Waals surface area (Å²) in [5.74, 6) is -0.758. The fraction of sp³-hybridized carbons (Fsp3) is 0.500. The Kier molecular flexibility index (Phi) is 6.85. The van der Waals surface area contributed by atoms with Gasteiger partial charge >= 0.3 is 12.1 Å². The molecule has 0 aliphatic rings. The number of ether oxygens (including phenoxy) is 1. The van der Waals surface area contributed by atoms with Crippen LogP contribution >= 0.6 is 0 Å². The van der Waals surface area contributed by atoms with Gasteiger partial charge in [-0.05, 0) is 29.5 Å². The molecular formula is C16H22O6. The predicted molar refractivity (Wildman–Crippen MR) is 78.8 cm³/mol. The molecule has 0 heterocycles. The molecule has 1 rings (SSSR count). The molecule has 0 bridgehead atoms. The van der Waals surface area contributed by atoms with Crippen molar-refractivity contribution in [1.29, 1.82) is 0 Å². The van der Waals surface area contributed by atoms with Crippen LogP contribution in [0.2, 0.25) is 0 Å². The van der Waals surface area contributed by atoms with Crippen LogP contribution in [0.15, 0.2) is 24.3 Å². The molecule has 0 unspecified atom stereocenters. The molecule has 1 aromatic rings. The molecule has 122 valence electrons. The number of aryl methyl sites for hydroxylation is 1. The minimum absolute atomic E-state index is 0.155. The molecule has 0 saturated carbocycles. The average molecular weight is 310 g/mol. The first-order valence-corrected chi connectivity index (χ1v) is 7.13. The third-order valence-corrected chi connectivity index (χ3v) is 2.56. The van der Waals surface area contributed by atoms with E-state index in [2.05, 4.69) is 21.7 Å². The second-order valence-electron chi connectivity index (χ2n) is 6.07. The Labute approximate surface area is 130 Å². The van der Waals surface area contributed by atoms with Gasteiger partial charge in [0.05, 0.1) is 17.2 Å². The van der Waals surface area contributed by atoms with Gasteiger partial charge in [-0.3, -0.25) is 4.89 Å². The van der Waals surface area contributed by atoms with E-state index in [1.807, 2.05) is 32.9 Å². The van der Waals surface area contributed by atoms with Gasteiger partial charge in [0.25, 0.3) is 0 Å². The van der Waals surface area contributed by atoms with E-state index in [4.69, 9.17) is 4.74 Å². The minimum Gasteiger partial charge on any atom is -0.432 e. The molecule has 0 amide bonds. The Morgan fingerprint density at radius 3 is 2.23 bits per heavy atom. The molecule has 0 aliphatic carbocycles. The second-order valence-corrected chi connectivity index (χ2v) is 6.07. The maximum Gasteiger partial charge on any atom is 0.543 e. The van der Waals surface area contributed by atoms with Crippen molar-refractivity contribution in [2.75, 3.05) is 6.61 Å². The quantitative estimate of drug-likeness (QED) is 0.451. The van der Waals surface area contributed by atoms with E-state index < -0.39 is 12.1 Å². The Balaban J connectivity index is 2.32. The molecule has 1 aromatic carbocycles. The van der Waals surface area contributed by atoms with E-state index in [9.17, 15) is 9.59 Å². The summed E-state index contributed by atoms with van der Waals surface area (Å²) in [6, 6.07) is 6.90. The number of rotatable bonds is 6. The van der Waals surface area contributed by atoms with Crippen molar-refractivity contribution < 1.29 is 29.1 Å². The van der Waals surface area contributed by atoms with Crippen molar-refractivity contribution in [3.8, 4) is 0 Å². The summed E-state index contributed by atoms with van der Waals surface area (Å²) >= 11 is 0. The largest absolute Gasteiger partial charge is 0.543 e. The van der Waals surface area contributed by atoms with E-state index >= 15 is 0 Å². The van der Waals surface area contributed by atoms with Crippen molar-refractivity contribution in [2.45, 2.75) is 40.5 Å². The summed E-state index contributed by atoms with van der Waals surface area (Å²) < 4.78 is 4.76. The fourth-order valence-corrected chi connectivity index (χ4v) is 1.52. The zero-order valence-electron chi connectivity index (χ0n) is 13.4. The van der Waals surface area contributed by atoms with E-state index in [0.717, 1.165) is 18.4 Å². The van der Waals surface area contributed by atoms with Crippen LogP contribution in [0.4, 0.5) is 4.79 Å². The van der Waals surface area contributed by atoms with Gasteiger partial charge in [-0.25, -0.2) is 14.5 Å². The van der Waals surface area contributed by atoms with Gasteiger partial charge in [-0.2, -0.15) is 0 Å². The van der Waals surface area contributed by atoms with Crippen LogP contribution in [0.25, 0.3) is 0 Å². The highest BCUT2D eigenvalue weighted by molar-refractivity contribution is 5.88. The summed E-state index contributed by atoms with van der Waals surface area (Å²) in [5, 5.41) is 4.13. The highest BCUT2D eigenvalue weighted by Gasteiger charge is 2.16. The van der Waals surface area contributed by atoms with Crippen LogP contribution in [0.3, 0.4) is 0 Å². The normalized spacial score (nSPS) is 10.9. The molecule has 0 fully saturated rings. The number of carbonyl (C=O) groups excluding carboxylic acids is 2. The lowest BCUT2D eigenvalue weighted by molar-refractivity contribution is -0.452. The van der Waals surface area contributed by atoms with Crippen molar-refractivity contribution in [1.82, 2.24) is 0 Å². The summed E-state index contributed by atoms with van der Waals surface area (Å²) in [6.07, 6.45) is 0.896. The van der Waals surface area contributed by atoms with Crippen LogP contribution < -0.4 is 0 Å². The van der Waals surface area contributed by atoms with Gasteiger partial charge in [-0.1, -0.05) is 46.2 Å². The highest BCUT2D eigenvalue weighted by Crippen LogP contribution is 2.13. The lowest BCUT2D eigenvalue weighted by Crippen LogP contribution is -2.19. The summed E-state index contributed by atoms with van der Waals surface area (Å²) in [5.41, 5.74) is 1.23. The second kappa shape index (κ2) is 8.38. The van der Waals surface area contributed by atoms with Crippen molar-refractivity contribution in [2.24, 2.45) is 5.41 Å². The first-order chi connectivity index (χ1) is 10.3. The number of hydrogen-bond acceptors (Lipinski definition) is 6. The van der Waals surface area contributed by atoms with E-state index in [0.29, 0.717) is 5.56 Å². The third kappa shape index (κ3) is 7.08. The Morgan fingerprint density at radius 2 is 1.68 bits per heavy atom. The monoisotopic (exact) mass is 310 g/mol. The SMILES string of the molecule is CCCc1ccc(C(=O)OOOC(=O)OCC(C)(C)C)cc1. The molecular weight excluding hydrogens is 288 g/mol. The van der Waals surface area contributed by atoms with Gasteiger partial charge < -0.3 is 4.74 Å². The molecule has 0 radical (unpaired) electrons. The van der Waals surface area contributed by atoms with Crippen molar-refractivity contribution >= 4 is 12.1 Å². The van der Waals surface area contributed by atoms with E-state index in [1.165, 1.54) is 0 Å². The average Bonchev–Trinajstić information content (AvgIpc) is 2.45. The molecule has 0 N–H and O–H groups in total. The lowest BCUT2D eigenvalue weighted by atomic mass is 9.99. The maximum absolute atomic E-state index is 11.6. The molecule has 0 aliphatic heterocycles. The number of hydrogen-bond donors (Lipinski definition) is 0. The van der Waals surface area contributed by atoms with Gasteiger partial charge in [0, 0.05) is 0 Å². The van der Waals surface area contributed by atoms with Crippen molar-refractivity contribution in [3.05, 3.63) is 35.4 Å². The van der Waals surface area contributed by atoms with Gasteiger partial charge in [0.1, 0.15) is 0 Å². The maximum atomic E-state index is 11.6. The van der Waals surface area contributed by atoms with Crippen LogP contribution in [0.5, 0.6) is 0 Å². The molecule has 0 saturated heterocycles. The number of carbonyl (C=O) groups is 2. The van der Waals surface area contributed by atoms with Gasteiger partial charge in [-0.15, -0.1) is 0 Å². The third-order valence-electron chi connectivity index (χ3n) is 2.56. The van der Waals surface area contributed by atoms with Crippen LogP contribution in [-0.4, -0.2) is 18.7 Å². The topological polar surface area (TPSA) is 71.1 Å². The number of benzene rings is 1. The Hall–Kier alpha value is -2.08. The molecule has 6 nitrogen and oxygen atoms in total. The Bertz CT molecular complexity index is 486.